The van der Waals surface area contributed by atoms with Crippen molar-refractivity contribution in [1.29, 1.82) is 0 Å². The summed E-state index contributed by atoms with van der Waals surface area (Å²) in [6.07, 6.45) is 0.636. The number of nitrogens with zero attached hydrogens (tertiary/aromatic N) is 1. The first kappa shape index (κ1) is 19.7. The first-order chi connectivity index (χ1) is 12.7. The molecule has 1 aromatic carbocycles. The highest BCUT2D eigenvalue weighted by Gasteiger charge is 2.74. The fourth-order valence-corrected chi connectivity index (χ4v) is 5.00. The van der Waals surface area contributed by atoms with Crippen LogP contribution in [-0.4, -0.2) is 51.1 Å². The lowest BCUT2D eigenvalue weighted by Crippen LogP contribution is -2.81. The van der Waals surface area contributed by atoms with E-state index in [1.165, 1.54) is 16.7 Å². The van der Waals surface area contributed by atoms with E-state index in [2.05, 4.69) is 0 Å². The van der Waals surface area contributed by atoms with Crippen LogP contribution in [0.5, 0.6) is 0 Å². The summed E-state index contributed by atoms with van der Waals surface area (Å²) >= 11 is 1.33. The number of carbonyl (C=O) groups excluding carboxylic acids is 3. The van der Waals surface area contributed by atoms with Gasteiger partial charge in [-0.25, -0.2) is 9.59 Å². The van der Waals surface area contributed by atoms with Crippen molar-refractivity contribution in [2.24, 2.45) is 5.73 Å². The molecule has 0 radical (unpaired) electrons. The number of β-lactam (4-membered cyclic amide) rings is 1. The molecule has 27 heavy (non-hydrogen) atoms. The van der Waals surface area contributed by atoms with Crippen molar-refractivity contribution in [3.8, 4) is 0 Å². The minimum atomic E-state index is -1.74. The summed E-state index contributed by atoms with van der Waals surface area (Å²) < 4.78 is 9.91. The van der Waals surface area contributed by atoms with Crippen LogP contribution in [0.2, 0.25) is 0 Å². The Hall–Kier alpha value is -2.06. The second kappa shape index (κ2) is 7.16. The Bertz CT molecular complexity index is 754. The lowest BCUT2D eigenvalue weighted by molar-refractivity contribution is -0.179. The minimum absolute atomic E-state index is 0.121. The maximum absolute atomic E-state index is 12.7. The van der Waals surface area contributed by atoms with E-state index in [9.17, 15) is 14.4 Å². The Kier molecular flexibility index (Phi) is 5.22. The van der Waals surface area contributed by atoms with Crippen molar-refractivity contribution >= 4 is 29.6 Å². The van der Waals surface area contributed by atoms with Crippen LogP contribution in [0.15, 0.2) is 30.3 Å². The van der Waals surface area contributed by atoms with Crippen LogP contribution in [-0.2, 0) is 30.5 Å². The number of carbonyl (C=O) groups is 3. The molecule has 0 aliphatic carbocycles. The molecular formula is C19H24N2O5S. The molecule has 2 saturated heterocycles. The van der Waals surface area contributed by atoms with Gasteiger partial charge in [-0.1, -0.05) is 37.3 Å². The number of fused-ring (bicyclic) bond motifs is 1. The molecule has 7 nitrogen and oxygen atoms in total. The topological polar surface area (TPSA) is 98.9 Å². The number of benzene rings is 1. The van der Waals surface area contributed by atoms with Gasteiger partial charge >= 0.3 is 11.9 Å². The molecule has 0 bridgehead atoms. The van der Waals surface area contributed by atoms with Gasteiger partial charge in [0.2, 0.25) is 5.54 Å². The summed E-state index contributed by atoms with van der Waals surface area (Å²) in [6.45, 7) is 5.87. The summed E-state index contributed by atoms with van der Waals surface area (Å²) in [6, 6.07) is 8.50. The molecule has 0 unspecified atom stereocenters. The highest BCUT2D eigenvalue weighted by molar-refractivity contribution is 8.01. The first-order valence-corrected chi connectivity index (χ1v) is 9.78. The maximum Gasteiger partial charge on any atom is 0.339 e. The summed E-state index contributed by atoms with van der Waals surface area (Å²) in [5, 5.41) is -0.640. The Morgan fingerprint density at radius 1 is 1.22 bits per heavy atom. The van der Waals surface area contributed by atoms with Crippen molar-refractivity contribution in [1.82, 2.24) is 4.90 Å². The van der Waals surface area contributed by atoms with Gasteiger partial charge in [0.1, 0.15) is 18.0 Å². The van der Waals surface area contributed by atoms with Gasteiger partial charge in [0.25, 0.3) is 5.91 Å². The van der Waals surface area contributed by atoms with Gasteiger partial charge in [0.05, 0.1) is 6.61 Å². The molecule has 2 aliphatic heterocycles. The van der Waals surface area contributed by atoms with Gasteiger partial charge in [-0.15, -0.1) is 11.8 Å². The van der Waals surface area contributed by atoms with E-state index in [4.69, 9.17) is 15.2 Å². The van der Waals surface area contributed by atoms with Crippen molar-refractivity contribution in [2.45, 2.75) is 55.5 Å². The molecule has 3 atom stereocenters. The quantitative estimate of drug-likeness (QED) is 0.444. The number of thioether (sulfide) groups is 1. The van der Waals surface area contributed by atoms with Crippen LogP contribution in [0.3, 0.4) is 0 Å². The standard InChI is InChI=1S/C19H24N2O5S/c1-4-10-25-17(24)19(20)15(23)21-13(18(2,3)27-16(19)21)14(22)26-11-12-8-6-5-7-9-12/h5-9,13,16H,4,10-11,20H2,1-3H3/t13-,16+,19-/m0/s1. The molecule has 1 aromatic rings. The molecule has 0 saturated carbocycles. The molecule has 2 fully saturated rings. The molecule has 0 aromatic heterocycles. The van der Waals surface area contributed by atoms with E-state index in [0.717, 1.165) is 5.56 Å². The zero-order valence-electron chi connectivity index (χ0n) is 15.6. The largest absolute Gasteiger partial charge is 0.464 e. The lowest BCUT2D eigenvalue weighted by atomic mass is 9.85. The van der Waals surface area contributed by atoms with Crippen LogP contribution < -0.4 is 5.73 Å². The normalized spacial score (nSPS) is 28.3. The Labute approximate surface area is 162 Å². The predicted molar refractivity (Wildman–Crippen MR) is 100 cm³/mol. The van der Waals surface area contributed by atoms with E-state index in [1.54, 1.807) is 0 Å². The summed E-state index contributed by atoms with van der Waals surface area (Å²) in [5.74, 6) is -1.83. The molecule has 0 spiro atoms. The van der Waals surface area contributed by atoms with E-state index in [0.29, 0.717) is 6.42 Å². The average Bonchev–Trinajstić information content (AvgIpc) is 2.93. The van der Waals surface area contributed by atoms with Crippen molar-refractivity contribution < 1.29 is 23.9 Å². The van der Waals surface area contributed by atoms with Gasteiger partial charge in [0, 0.05) is 4.75 Å². The average molecular weight is 392 g/mol. The Morgan fingerprint density at radius 3 is 2.52 bits per heavy atom. The summed E-state index contributed by atoms with van der Waals surface area (Å²) in [4.78, 5) is 39.2. The molecular weight excluding hydrogens is 368 g/mol. The van der Waals surface area contributed by atoms with Crippen molar-refractivity contribution in [3.05, 3.63) is 35.9 Å². The van der Waals surface area contributed by atoms with Crippen LogP contribution in [0, 0.1) is 0 Å². The van der Waals surface area contributed by atoms with Crippen LogP contribution in [0.4, 0.5) is 0 Å². The third kappa shape index (κ3) is 3.21. The minimum Gasteiger partial charge on any atom is -0.464 e. The van der Waals surface area contributed by atoms with Gasteiger partial charge in [0.15, 0.2) is 0 Å². The smallest absolute Gasteiger partial charge is 0.339 e. The monoisotopic (exact) mass is 392 g/mol. The fourth-order valence-electron chi connectivity index (χ4n) is 3.38. The SMILES string of the molecule is CCCOC(=O)[C@]1(N)C(=O)N2[C@@H](C(=O)OCc3ccccc3)C(C)(C)S[C@@H]21. The second-order valence-corrected chi connectivity index (χ2v) is 9.02. The number of esters is 2. The number of hydrogen-bond acceptors (Lipinski definition) is 7. The molecule has 2 N–H and O–H groups in total. The van der Waals surface area contributed by atoms with Gasteiger partial charge < -0.3 is 20.1 Å². The summed E-state index contributed by atoms with van der Waals surface area (Å²) in [7, 11) is 0. The van der Waals surface area contributed by atoms with E-state index >= 15 is 0 Å². The summed E-state index contributed by atoms with van der Waals surface area (Å²) in [5.41, 5.74) is 5.24. The van der Waals surface area contributed by atoms with Gasteiger partial charge in [-0.05, 0) is 25.8 Å². The molecule has 146 valence electrons. The van der Waals surface area contributed by atoms with Crippen LogP contribution in [0.1, 0.15) is 32.8 Å². The molecule has 1 amide bonds. The van der Waals surface area contributed by atoms with E-state index in [1.807, 2.05) is 51.1 Å². The zero-order chi connectivity index (χ0) is 19.8. The maximum atomic E-state index is 12.7. The zero-order valence-corrected chi connectivity index (χ0v) is 16.5. The lowest BCUT2D eigenvalue weighted by Gasteiger charge is -2.48. The fraction of sp³-hybridized carbons (Fsp3) is 0.526. The van der Waals surface area contributed by atoms with Crippen LogP contribution >= 0.6 is 11.8 Å². The third-order valence-corrected chi connectivity index (χ3v) is 6.46. The molecule has 2 heterocycles. The molecule has 2 aliphatic rings. The van der Waals surface area contributed by atoms with Gasteiger partial charge in [-0.3, -0.25) is 4.79 Å². The predicted octanol–water partition coefficient (Wildman–Crippen LogP) is 1.44. The van der Waals surface area contributed by atoms with E-state index in [-0.39, 0.29) is 13.2 Å². The van der Waals surface area contributed by atoms with Crippen LogP contribution in [0.25, 0.3) is 0 Å². The number of ether oxygens (including phenoxy) is 2. The number of rotatable bonds is 6. The third-order valence-electron chi connectivity index (χ3n) is 4.80. The molecule has 3 rings (SSSR count). The highest BCUT2D eigenvalue weighted by atomic mass is 32.2. The Morgan fingerprint density at radius 2 is 1.89 bits per heavy atom. The van der Waals surface area contributed by atoms with E-state index < -0.39 is 39.5 Å². The molecule has 8 heteroatoms. The number of nitrogens with two attached hydrogens (primary N) is 1. The Balaban J connectivity index is 1.73. The number of hydrogen-bond donors (Lipinski definition) is 1. The highest BCUT2D eigenvalue weighted by Crippen LogP contribution is 2.54. The van der Waals surface area contributed by atoms with Crippen molar-refractivity contribution in [3.63, 3.8) is 0 Å². The number of amides is 1. The first-order valence-electron chi connectivity index (χ1n) is 8.90. The van der Waals surface area contributed by atoms with Crippen molar-refractivity contribution in [2.75, 3.05) is 6.61 Å². The van der Waals surface area contributed by atoms with Gasteiger partial charge in [-0.2, -0.15) is 0 Å². The second-order valence-electron chi connectivity index (χ2n) is 7.29.